The van der Waals surface area contributed by atoms with Gasteiger partial charge in [0.15, 0.2) is 0 Å². The van der Waals surface area contributed by atoms with Crippen LogP contribution in [0.2, 0.25) is 0 Å². The van der Waals surface area contributed by atoms with Gasteiger partial charge in [-0.2, -0.15) is 0 Å². The molecule has 1 amide bonds. The Kier molecular flexibility index (Phi) is 5.16. The van der Waals surface area contributed by atoms with Crippen LogP contribution in [0.3, 0.4) is 0 Å². The lowest BCUT2D eigenvalue weighted by molar-refractivity contribution is -0.122. The molecule has 1 heterocycles. The maximum absolute atomic E-state index is 11.4. The Hall–Kier alpha value is -1.05. The van der Waals surface area contributed by atoms with Gasteiger partial charge in [-0.25, -0.2) is 0 Å². The summed E-state index contributed by atoms with van der Waals surface area (Å²) in [6.45, 7) is 2.32. The van der Waals surface area contributed by atoms with E-state index in [4.69, 9.17) is 12.2 Å². The summed E-state index contributed by atoms with van der Waals surface area (Å²) in [6.07, 6.45) is 8.53. The van der Waals surface area contributed by atoms with E-state index in [1.54, 1.807) is 0 Å². The van der Waals surface area contributed by atoms with Crippen LogP contribution >= 0.6 is 0 Å². The number of hydrogen-bond donors (Lipinski definition) is 2. The SMILES string of the molecule is C#CCNC(=O)CN1CCCCC1CN. The number of piperidine rings is 1. The molecule has 0 saturated carbocycles. The molecule has 84 valence electrons. The molecule has 0 spiro atoms. The third-order valence-corrected chi connectivity index (χ3v) is 2.76. The summed E-state index contributed by atoms with van der Waals surface area (Å²) in [7, 11) is 0. The molecule has 1 saturated heterocycles. The van der Waals surface area contributed by atoms with Gasteiger partial charge in [0.1, 0.15) is 0 Å². The number of nitrogens with two attached hydrogens (primary N) is 1. The predicted molar refractivity (Wildman–Crippen MR) is 60.1 cm³/mol. The molecule has 0 aromatic carbocycles. The summed E-state index contributed by atoms with van der Waals surface area (Å²) in [5.41, 5.74) is 5.66. The van der Waals surface area contributed by atoms with Crippen LogP contribution in [0.5, 0.6) is 0 Å². The highest BCUT2D eigenvalue weighted by Crippen LogP contribution is 2.15. The molecule has 0 radical (unpaired) electrons. The lowest BCUT2D eigenvalue weighted by Gasteiger charge is -2.34. The second kappa shape index (κ2) is 6.44. The third kappa shape index (κ3) is 3.90. The number of terminal acetylenes is 1. The lowest BCUT2D eigenvalue weighted by Crippen LogP contribution is -2.48. The Labute approximate surface area is 91.2 Å². The van der Waals surface area contributed by atoms with E-state index in [1.165, 1.54) is 6.42 Å². The summed E-state index contributed by atoms with van der Waals surface area (Å²) in [6, 6.07) is 0.357. The zero-order valence-electron chi connectivity index (χ0n) is 9.04. The second-order valence-electron chi connectivity index (χ2n) is 3.84. The van der Waals surface area contributed by atoms with Gasteiger partial charge in [0.2, 0.25) is 5.91 Å². The van der Waals surface area contributed by atoms with E-state index < -0.39 is 0 Å². The molecule has 4 heteroatoms. The fourth-order valence-corrected chi connectivity index (χ4v) is 1.93. The van der Waals surface area contributed by atoms with Gasteiger partial charge in [-0.05, 0) is 19.4 Å². The van der Waals surface area contributed by atoms with Gasteiger partial charge in [0.05, 0.1) is 13.1 Å². The molecule has 4 nitrogen and oxygen atoms in total. The minimum atomic E-state index is -0.00620. The lowest BCUT2D eigenvalue weighted by atomic mass is 10.0. The molecular weight excluding hydrogens is 190 g/mol. The zero-order valence-corrected chi connectivity index (χ0v) is 9.04. The number of amides is 1. The van der Waals surface area contributed by atoms with Gasteiger partial charge in [-0.1, -0.05) is 12.3 Å². The van der Waals surface area contributed by atoms with Crippen LogP contribution in [0.25, 0.3) is 0 Å². The summed E-state index contributed by atoms with van der Waals surface area (Å²) in [5.74, 6) is 2.38. The van der Waals surface area contributed by atoms with Crippen molar-refractivity contribution in [2.75, 3.05) is 26.2 Å². The monoisotopic (exact) mass is 209 g/mol. The Morgan fingerprint density at radius 1 is 1.60 bits per heavy atom. The molecule has 1 atom stereocenters. The molecule has 1 fully saturated rings. The maximum Gasteiger partial charge on any atom is 0.234 e. The number of likely N-dealkylation sites (tertiary alicyclic amines) is 1. The van der Waals surface area contributed by atoms with E-state index >= 15 is 0 Å². The largest absolute Gasteiger partial charge is 0.344 e. The van der Waals surface area contributed by atoms with Crippen molar-refractivity contribution < 1.29 is 4.79 Å². The number of carbonyl (C=O) groups is 1. The van der Waals surface area contributed by atoms with Gasteiger partial charge in [-0.3, -0.25) is 9.69 Å². The first-order valence-electron chi connectivity index (χ1n) is 5.42. The maximum atomic E-state index is 11.4. The molecule has 1 aliphatic heterocycles. The highest BCUT2D eigenvalue weighted by Gasteiger charge is 2.22. The molecule has 1 rings (SSSR count). The second-order valence-corrected chi connectivity index (χ2v) is 3.84. The fourth-order valence-electron chi connectivity index (χ4n) is 1.93. The van der Waals surface area contributed by atoms with Crippen LogP contribution in [0.4, 0.5) is 0 Å². The van der Waals surface area contributed by atoms with Crippen LogP contribution in [0, 0.1) is 12.3 Å². The number of rotatable bonds is 4. The van der Waals surface area contributed by atoms with Gasteiger partial charge in [0.25, 0.3) is 0 Å². The molecular formula is C11H19N3O. The first-order chi connectivity index (χ1) is 7.27. The zero-order chi connectivity index (χ0) is 11.1. The van der Waals surface area contributed by atoms with Crippen molar-refractivity contribution in [1.29, 1.82) is 0 Å². The first kappa shape index (κ1) is 12.0. The van der Waals surface area contributed by atoms with E-state index in [9.17, 15) is 4.79 Å². The van der Waals surface area contributed by atoms with Crippen LogP contribution in [0.15, 0.2) is 0 Å². The number of nitrogens with zero attached hydrogens (tertiary/aromatic N) is 1. The Balaban J connectivity index is 2.34. The van der Waals surface area contributed by atoms with Gasteiger partial charge in [0, 0.05) is 12.6 Å². The van der Waals surface area contributed by atoms with Crippen molar-refractivity contribution in [2.24, 2.45) is 5.73 Å². The minimum absolute atomic E-state index is 0.00620. The van der Waals surface area contributed by atoms with Crippen molar-refractivity contribution in [3.63, 3.8) is 0 Å². The molecule has 15 heavy (non-hydrogen) atoms. The van der Waals surface area contributed by atoms with E-state index in [-0.39, 0.29) is 5.91 Å². The topological polar surface area (TPSA) is 58.4 Å². The van der Waals surface area contributed by atoms with Gasteiger partial charge >= 0.3 is 0 Å². The molecule has 1 unspecified atom stereocenters. The first-order valence-corrected chi connectivity index (χ1v) is 5.42. The molecule has 0 bridgehead atoms. The normalized spacial score (nSPS) is 22.0. The summed E-state index contributed by atoms with van der Waals surface area (Å²) in [4.78, 5) is 13.6. The van der Waals surface area contributed by atoms with Crippen LogP contribution in [-0.4, -0.2) is 43.0 Å². The summed E-state index contributed by atoms with van der Waals surface area (Å²) >= 11 is 0. The minimum Gasteiger partial charge on any atom is -0.344 e. The van der Waals surface area contributed by atoms with Crippen LogP contribution in [-0.2, 0) is 4.79 Å². The van der Waals surface area contributed by atoms with E-state index in [0.717, 1.165) is 19.4 Å². The molecule has 0 aromatic rings. The highest BCUT2D eigenvalue weighted by atomic mass is 16.2. The fraction of sp³-hybridized carbons (Fsp3) is 0.727. The molecule has 0 aromatic heterocycles. The van der Waals surface area contributed by atoms with Crippen molar-refractivity contribution in [3.05, 3.63) is 0 Å². The number of carbonyl (C=O) groups excluding carboxylic acids is 1. The average Bonchev–Trinajstić information content (AvgIpc) is 2.27. The summed E-state index contributed by atoms with van der Waals surface area (Å²) < 4.78 is 0. The Bertz CT molecular complexity index is 247. The van der Waals surface area contributed by atoms with Gasteiger partial charge < -0.3 is 11.1 Å². The Morgan fingerprint density at radius 2 is 2.40 bits per heavy atom. The number of hydrogen-bond acceptors (Lipinski definition) is 3. The molecule has 0 aliphatic carbocycles. The quantitative estimate of drug-likeness (QED) is 0.617. The van der Waals surface area contributed by atoms with Gasteiger partial charge in [-0.15, -0.1) is 6.42 Å². The van der Waals surface area contributed by atoms with Crippen molar-refractivity contribution in [1.82, 2.24) is 10.2 Å². The predicted octanol–water partition coefficient (Wildman–Crippen LogP) is -0.451. The number of nitrogens with one attached hydrogen (secondary N) is 1. The van der Waals surface area contributed by atoms with Crippen molar-refractivity contribution in [2.45, 2.75) is 25.3 Å². The van der Waals surface area contributed by atoms with E-state index in [2.05, 4.69) is 16.1 Å². The molecule has 1 aliphatic rings. The smallest absolute Gasteiger partial charge is 0.234 e. The van der Waals surface area contributed by atoms with E-state index in [1.807, 2.05) is 0 Å². The van der Waals surface area contributed by atoms with Crippen LogP contribution in [0.1, 0.15) is 19.3 Å². The van der Waals surface area contributed by atoms with E-state index in [0.29, 0.717) is 25.7 Å². The highest BCUT2D eigenvalue weighted by molar-refractivity contribution is 5.78. The third-order valence-electron chi connectivity index (χ3n) is 2.76. The standard InChI is InChI=1S/C11H19N3O/c1-2-6-13-11(15)9-14-7-4-3-5-10(14)8-12/h1,10H,3-9,12H2,(H,13,15). The van der Waals surface area contributed by atoms with Crippen molar-refractivity contribution >= 4 is 5.91 Å². The van der Waals surface area contributed by atoms with Crippen LogP contribution < -0.4 is 11.1 Å². The molecule has 3 N–H and O–H groups in total. The summed E-state index contributed by atoms with van der Waals surface area (Å²) in [5, 5.41) is 2.67. The van der Waals surface area contributed by atoms with Crippen molar-refractivity contribution in [3.8, 4) is 12.3 Å². The Morgan fingerprint density at radius 3 is 3.07 bits per heavy atom. The average molecular weight is 209 g/mol.